The molecule has 0 aliphatic carbocycles. The van der Waals surface area contributed by atoms with Crippen molar-refractivity contribution >= 4 is 57.6 Å². The zero-order chi connectivity index (χ0) is 22.8. The second kappa shape index (κ2) is 8.98. The van der Waals surface area contributed by atoms with Crippen LogP contribution in [0, 0.1) is 13.8 Å². The number of thioether (sulfide) groups is 1. The number of hydrogen-bond donors (Lipinski definition) is 1. The Hall–Kier alpha value is -3.42. The number of amides is 2. The van der Waals surface area contributed by atoms with E-state index in [-0.39, 0.29) is 10.7 Å². The van der Waals surface area contributed by atoms with Crippen molar-refractivity contribution in [3.8, 4) is 5.75 Å². The van der Waals surface area contributed by atoms with E-state index in [9.17, 15) is 14.7 Å². The fourth-order valence-electron chi connectivity index (χ4n) is 3.04. The lowest BCUT2D eigenvalue weighted by molar-refractivity contribution is -0.113. The molecule has 0 spiro atoms. The molecule has 0 radical (unpaired) electrons. The molecule has 160 valence electrons. The summed E-state index contributed by atoms with van der Waals surface area (Å²) < 4.78 is 0. The number of phenolic OH excluding ortho intramolecular Hbond substituents is 1. The molecular weight excluding hydrogens is 446 g/mol. The van der Waals surface area contributed by atoms with Gasteiger partial charge in [-0.25, -0.2) is 4.90 Å². The van der Waals surface area contributed by atoms with Crippen LogP contribution in [-0.4, -0.2) is 16.3 Å². The third-order valence-corrected chi connectivity index (χ3v) is 6.07. The van der Waals surface area contributed by atoms with Crippen molar-refractivity contribution in [3.63, 3.8) is 0 Å². The smallest absolute Gasteiger partial charge is 0.298 e. The Balaban J connectivity index is 1.60. The highest BCUT2D eigenvalue weighted by Gasteiger charge is 2.36. The molecule has 0 atom stereocenters. The fourth-order valence-corrected chi connectivity index (χ4v) is 4.00. The molecule has 4 rings (SSSR count). The number of benzene rings is 3. The van der Waals surface area contributed by atoms with E-state index >= 15 is 0 Å². The second-order valence-corrected chi connectivity index (χ2v) is 8.63. The molecule has 0 aromatic heterocycles. The Bertz CT molecular complexity index is 1290. The van der Waals surface area contributed by atoms with Crippen molar-refractivity contribution in [2.75, 3.05) is 4.90 Å². The van der Waals surface area contributed by atoms with Crippen molar-refractivity contribution in [1.29, 1.82) is 0 Å². The van der Waals surface area contributed by atoms with Gasteiger partial charge in [0, 0.05) is 10.6 Å². The molecule has 1 N–H and O–H groups in total. The van der Waals surface area contributed by atoms with Crippen LogP contribution >= 0.6 is 23.4 Å². The van der Waals surface area contributed by atoms with Gasteiger partial charge < -0.3 is 5.11 Å². The largest absolute Gasteiger partial charge is 0.507 e. The Morgan fingerprint density at radius 1 is 0.906 bits per heavy atom. The zero-order valence-corrected chi connectivity index (χ0v) is 18.8. The number of halogens is 1. The van der Waals surface area contributed by atoms with Crippen LogP contribution < -0.4 is 4.90 Å². The molecule has 8 heteroatoms. The number of azo groups is 1. The van der Waals surface area contributed by atoms with E-state index < -0.39 is 11.1 Å². The molecule has 3 aromatic carbocycles. The first-order chi connectivity index (χ1) is 15.3. The van der Waals surface area contributed by atoms with Gasteiger partial charge in [0.2, 0.25) is 0 Å². The maximum absolute atomic E-state index is 12.8. The Morgan fingerprint density at radius 3 is 2.25 bits per heavy atom. The normalized spacial score (nSPS) is 15.3. The van der Waals surface area contributed by atoms with E-state index in [0.717, 1.165) is 22.2 Å². The quantitative estimate of drug-likeness (QED) is 0.324. The first-order valence-corrected chi connectivity index (χ1v) is 10.9. The molecule has 1 aliphatic rings. The summed E-state index contributed by atoms with van der Waals surface area (Å²) in [6.07, 6.45) is 1.48. The first kappa shape index (κ1) is 21.8. The Morgan fingerprint density at radius 2 is 1.56 bits per heavy atom. The minimum absolute atomic E-state index is 0.0339. The molecule has 2 amide bonds. The highest BCUT2D eigenvalue weighted by molar-refractivity contribution is 8.19. The van der Waals surface area contributed by atoms with Gasteiger partial charge in [-0.15, -0.1) is 0 Å². The van der Waals surface area contributed by atoms with Crippen LogP contribution in [0.5, 0.6) is 5.75 Å². The van der Waals surface area contributed by atoms with Crippen molar-refractivity contribution in [3.05, 3.63) is 87.3 Å². The summed E-state index contributed by atoms with van der Waals surface area (Å²) in [7, 11) is 0. The van der Waals surface area contributed by atoms with E-state index in [2.05, 4.69) is 10.2 Å². The van der Waals surface area contributed by atoms with Crippen molar-refractivity contribution in [2.45, 2.75) is 13.8 Å². The monoisotopic (exact) mass is 463 g/mol. The third-order valence-electron chi connectivity index (χ3n) is 4.95. The summed E-state index contributed by atoms with van der Waals surface area (Å²) in [6.45, 7) is 4.03. The average Bonchev–Trinajstić information content (AvgIpc) is 3.04. The number of aryl methyl sites for hydroxylation is 2. The Kier molecular flexibility index (Phi) is 6.12. The van der Waals surface area contributed by atoms with E-state index in [0.29, 0.717) is 27.6 Å². The molecule has 1 heterocycles. The molecule has 1 saturated heterocycles. The molecule has 1 fully saturated rings. The van der Waals surface area contributed by atoms with Crippen LogP contribution in [0.1, 0.15) is 16.7 Å². The van der Waals surface area contributed by atoms with Gasteiger partial charge in [-0.2, -0.15) is 10.2 Å². The first-order valence-electron chi connectivity index (χ1n) is 9.67. The van der Waals surface area contributed by atoms with Gasteiger partial charge in [0.15, 0.2) is 0 Å². The summed E-state index contributed by atoms with van der Waals surface area (Å²) in [5.41, 5.74) is 4.30. The SMILES string of the molecule is Cc1ccc(N=Nc2ccc(O)c(/C=C3\SC(=O)N(c4ccc(Cl)cc4)C3=O)c2)cc1C. The van der Waals surface area contributed by atoms with Gasteiger partial charge in [-0.1, -0.05) is 17.7 Å². The number of anilines is 1. The van der Waals surface area contributed by atoms with Gasteiger partial charge in [0.25, 0.3) is 11.1 Å². The molecule has 0 saturated carbocycles. The highest BCUT2D eigenvalue weighted by Crippen LogP contribution is 2.37. The van der Waals surface area contributed by atoms with Crippen molar-refractivity contribution in [1.82, 2.24) is 0 Å². The van der Waals surface area contributed by atoms with Crippen molar-refractivity contribution in [2.24, 2.45) is 10.2 Å². The summed E-state index contributed by atoms with van der Waals surface area (Å²) in [4.78, 5) is 26.5. The molecule has 32 heavy (non-hydrogen) atoms. The lowest BCUT2D eigenvalue weighted by atomic mass is 10.1. The van der Waals surface area contributed by atoms with Crippen LogP contribution in [0.15, 0.2) is 75.8 Å². The summed E-state index contributed by atoms with van der Waals surface area (Å²) in [5, 5.41) is 18.8. The topological polar surface area (TPSA) is 82.3 Å². The lowest BCUT2D eigenvalue weighted by Crippen LogP contribution is -2.27. The number of hydrogen-bond acceptors (Lipinski definition) is 6. The van der Waals surface area contributed by atoms with E-state index in [1.165, 1.54) is 17.7 Å². The van der Waals surface area contributed by atoms with Gasteiger partial charge in [-0.05, 0) is 97.4 Å². The lowest BCUT2D eigenvalue weighted by Gasteiger charge is -2.12. The minimum atomic E-state index is -0.469. The standard InChI is InChI=1S/C24H18ClN3O3S/c1-14-3-6-18(11-15(14)2)26-27-19-7-10-21(29)16(12-19)13-22-23(30)28(24(31)32-22)20-8-4-17(25)5-9-20/h3-13,29H,1-2H3/b22-13-,27-26?. The van der Waals surface area contributed by atoms with Crippen LogP contribution in [0.4, 0.5) is 21.9 Å². The number of carbonyl (C=O) groups excluding carboxylic acids is 2. The van der Waals surface area contributed by atoms with Crippen molar-refractivity contribution < 1.29 is 14.7 Å². The van der Waals surface area contributed by atoms with Gasteiger partial charge in [-0.3, -0.25) is 9.59 Å². The van der Waals surface area contributed by atoms with Gasteiger partial charge in [0.1, 0.15) is 5.75 Å². The fraction of sp³-hybridized carbons (Fsp3) is 0.0833. The number of carbonyl (C=O) groups is 2. The molecular formula is C24H18ClN3O3S. The summed E-state index contributed by atoms with van der Waals surface area (Å²) >= 11 is 6.69. The summed E-state index contributed by atoms with van der Waals surface area (Å²) in [6, 6.07) is 16.9. The van der Waals surface area contributed by atoms with Crippen LogP contribution in [0.3, 0.4) is 0 Å². The number of nitrogens with zero attached hydrogens (tertiary/aromatic N) is 3. The maximum atomic E-state index is 12.8. The van der Waals surface area contributed by atoms with Gasteiger partial charge >= 0.3 is 0 Å². The Labute approximate surface area is 194 Å². The van der Waals surface area contributed by atoms with Gasteiger partial charge in [0.05, 0.1) is 22.0 Å². The number of aromatic hydroxyl groups is 1. The third kappa shape index (κ3) is 4.59. The highest BCUT2D eigenvalue weighted by atomic mass is 35.5. The van der Waals surface area contributed by atoms with E-state index in [1.807, 2.05) is 32.0 Å². The molecule has 0 bridgehead atoms. The predicted molar refractivity (Wildman–Crippen MR) is 128 cm³/mol. The number of phenols is 1. The second-order valence-electron chi connectivity index (χ2n) is 7.21. The molecule has 1 aliphatic heterocycles. The zero-order valence-electron chi connectivity index (χ0n) is 17.2. The van der Waals surface area contributed by atoms with Crippen LogP contribution in [0.25, 0.3) is 6.08 Å². The predicted octanol–water partition coefficient (Wildman–Crippen LogP) is 7.32. The van der Waals surface area contributed by atoms with Crippen LogP contribution in [-0.2, 0) is 4.79 Å². The average molecular weight is 464 g/mol. The molecule has 6 nitrogen and oxygen atoms in total. The summed E-state index contributed by atoms with van der Waals surface area (Å²) in [5.74, 6) is -0.502. The molecule has 0 unspecified atom stereocenters. The van der Waals surface area contributed by atoms with E-state index in [4.69, 9.17) is 11.6 Å². The molecule has 3 aromatic rings. The number of rotatable bonds is 4. The van der Waals surface area contributed by atoms with Crippen LogP contribution in [0.2, 0.25) is 5.02 Å². The van der Waals surface area contributed by atoms with E-state index in [1.54, 1.807) is 36.4 Å². The minimum Gasteiger partial charge on any atom is -0.507 e. The number of imide groups is 1. The maximum Gasteiger partial charge on any atom is 0.298 e.